The van der Waals surface area contributed by atoms with Crippen LogP contribution >= 0.6 is 0 Å². The largest absolute Gasteiger partial charge is 0.573 e. The monoisotopic (exact) mass is 620 g/mol. The molecule has 0 spiro atoms. The smallest absolute Gasteiger partial charge is 0.481 e. The number of halogens is 3. The number of amides is 1. The fourth-order valence-electron chi connectivity index (χ4n) is 5.24. The minimum absolute atomic E-state index is 0.0983. The van der Waals surface area contributed by atoms with Crippen LogP contribution in [0, 0.1) is 5.92 Å². The van der Waals surface area contributed by atoms with Crippen molar-refractivity contribution in [3.05, 3.63) is 65.3 Å². The second kappa shape index (κ2) is 15.2. The van der Waals surface area contributed by atoms with E-state index in [-0.39, 0.29) is 55.0 Å². The number of nitrogens with zero attached hydrogens (tertiary/aromatic N) is 2. The number of carbonyl (C=O) groups excluding carboxylic acids is 1. The summed E-state index contributed by atoms with van der Waals surface area (Å²) in [5.41, 5.74) is 7.52. The number of carboxylic acid groups (broad SMARTS) is 1. The molecule has 0 aliphatic heterocycles. The number of carboxylic acids is 1. The Morgan fingerprint density at radius 1 is 1.20 bits per heavy atom. The molecule has 0 heterocycles. The van der Waals surface area contributed by atoms with Gasteiger partial charge in [-0.25, -0.2) is 0 Å². The Labute approximate surface area is 256 Å². The number of ether oxygens (including phenoxy) is 2. The number of nitrogens with one attached hydrogen (secondary N) is 1. The zero-order valence-corrected chi connectivity index (χ0v) is 25.7. The molecule has 2 unspecified atom stereocenters. The van der Waals surface area contributed by atoms with Crippen molar-refractivity contribution in [3.8, 4) is 0 Å². The molecule has 2 aliphatic carbocycles. The molecule has 1 aromatic carbocycles. The third-order valence-electron chi connectivity index (χ3n) is 7.62. The van der Waals surface area contributed by atoms with Crippen LogP contribution in [-0.2, 0) is 14.3 Å². The molecule has 44 heavy (non-hydrogen) atoms. The summed E-state index contributed by atoms with van der Waals surface area (Å²) in [5, 5.41) is 12.5. The molecule has 4 N–H and O–H groups in total. The number of aliphatic imine (C=N–C) groups is 1. The molecule has 0 saturated heterocycles. The van der Waals surface area contributed by atoms with Crippen LogP contribution in [0.4, 0.5) is 18.9 Å². The molecule has 2 atom stereocenters. The average Bonchev–Trinajstić information content (AvgIpc) is 2.96. The molecule has 0 bridgehead atoms. The molecule has 1 saturated carbocycles. The van der Waals surface area contributed by atoms with Gasteiger partial charge in [-0.05, 0) is 82.4 Å². The van der Waals surface area contributed by atoms with Crippen LogP contribution in [0.25, 0.3) is 0 Å². The molecular formula is C32H43F3N4O5. The van der Waals surface area contributed by atoms with E-state index in [1.54, 1.807) is 43.6 Å². The van der Waals surface area contributed by atoms with Gasteiger partial charge in [0.25, 0.3) is 5.91 Å². The second-order valence-electron chi connectivity index (χ2n) is 11.8. The van der Waals surface area contributed by atoms with E-state index in [1.165, 1.54) is 17.1 Å². The van der Waals surface area contributed by atoms with Crippen molar-refractivity contribution in [2.24, 2.45) is 16.6 Å². The van der Waals surface area contributed by atoms with Crippen molar-refractivity contribution in [2.45, 2.75) is 89.8 Å². The highest BCUT2D eigenvalue weighted by Gasteiger charge is 2.34. The summed E-state index contributed by atoms with van der Waals surface area (Å²) >= 11 is 0. The van der Waals surface area contributed by atoms with Gasteiger partial charge in [-0.2, -0.15) is 0 Å². The maximum absolute atomic E-state index is 12.8. The highest BCUT2D eigenvalue weighted by atomic mass is 19.4. The van der Waals surface area contributed by atoms with E-state index in [1.807, 2.05) is 20.8 Å². The van der Waals surface area contributed by atoms with Crippen LogP contribution in [0.3, 0.4) is 0 Å². The number of alkyl halides is 3. The van der Waals surface area contributed by atoms with Gasteiger partial charge in [-0.1, -0.05) is 25.3 Å². The summed E-state index contributed by atoms with van der Waals surface area (Å²) in [5.74, 6) is -1.13. The van der Waals surface area contributed by atoms with E-state index < -0.39 is 17.9 Å². The Morgan fingerprint density at radius 3 is 2.41 bits per heavy atom. The topological polar surface area (TPSA) is 126 Å². The van der Waals surface area contributed by atoms with Gasteiger partial charge in [0, 0.05) is 31.1 Å². The standard InChI is InChI=1S/C32H43F3N4O5/c1-21(2)43-29(36)26(20-37-31(3)17-14-25(15-18-31)44-32(33,34)35)28(22-8-6-5-7-9-22)38-24-12-10-23(11-13-24)30(42)39(4)19-16-27(40)41/h10-15,17,20-22,28,38H,5-9,16,18-19,36H2,1-4H3,(H,40,41). The van der Waals surface area contributed by atoms with Gasteiger partial charge in [-0.15, -0.1) is 13.2 Å². The normalized spacial score (nSPS) is 20.6. The second-order valence-corrected chi connectivity index (χ2v) is 11.8. The first-order valence-electron chi connectivity index (χ1n) is 14.9. The van der Waals surface area contributed by atoms with Crippen LogP contribution in [0.2, 0.25) is 0 Å². The number of anilines is 1. The quantitative estimate of drug-likeness (QED) is 0.172. The summed E-state index contributed by atoms with van der Waals surface area (Å²) in [6.07, 6.45) is 6.10. The molecule has 12 heteroatoms. The van der Waals surface area contributed by atoms with E-state index in [0.29, 0.717) is 11.1 Å². The van der Waals surface area contributed by atoms with Gasteiger partial charge in [0.2, 0.25) is 0 Å². The molecule has 0 radical (unpaired) electrons. The lowest BCUT2D eigenvalue weighted by molar-refractivity contribution is -0.303. The van der Waals surface area contributed by atoms with Gasteiger partial charge in [0.1, 0.15) is 5.76 Å². The lowest BCUT2D eigenvalue weighted by atomic mass is 9.80. The molecular weight excluding hydrogens is 577 g/mol. The van der Waals surface area contributed by atoms with Crippen molar-refractivity contribution >= 4 is 23.8 Å². The summed E-state index contributed by atoms with van der Waals surface area (Å²) in [7, 11) is 1.56. The lowest BCUT2D eigenvalue weighted by Crippen LogP contribution is -2.36. The molecule has 3 rings (SSSR count). The molecule has 2 aliphatic rings. The van der Waals surface area contributed by atoms with Gasteiger partial charge >= 0.3 is 12.3 Å². The molecule has 1 aromatic rings. The van der Waals surface area contributed by atoms with Crippen molar-refractivity contribution < 1.29 is 37.3 Å². The zero-order valence-electron chi connectivity index (χ0n) is 25.7. The average molecular weight is 621 g/mol. The number of hydrogen-bond acceptors (Lipinski definition) is 7. The van der Waals surface area contributed by atoms with Crippen LogP contribution < -0.4 is 11.1 Å². The number of rotatable bonds is 13. The summed E-state index contributed by atoms with van der Waals surface area (Å²) < 4.78 is 48.0. The first kappa shape index (κ1) is 34.5. The molecule has 242 valence electrons. The highest BCUT2D eigenvalue weighted by molar-refractivity contribution is 5.94. The van der Waals surface area contributed by atoms with E-state index in [4.69, 9.17) is 20.6 Å². The molecule has 0 aromatic heterocycles. The minimum Gasteiger partial charge on any atom is -0.481 e. The van der Waals surface area contributed by atoms with E-state index in [2.05, 4.69) is 10.1 Å². The predicted molar refractivity (Wildman–Crippen MR) is 163 cm³/mol. The minimum atomic E-state index is -4.77. The molecule has 9 nitrogen and oxygen atoms in total. The van der Waals surface area contributed by atoms with Gasteiger partial charge in [0.15, 0.2) is 5.88 Å². The van der Waals surface area contributed by atoms with Crippen molar-refractivity contribution in [1.29, 1.82) is 0 Å². The first-order valence-corrected chi connectivity index (χ1v) is 14.9. The fraction of sp³-hybridized carbons (Fsp3) is 0.531. The first-order chi connectivity index (χ1) is 20.7. The lowest BCUT2D eigenvalue weighted by Gasteiger charge is -2.33. The van der Waals surface area contributed by atoms with Crippen LogP contribution in [0.5, 0.6) is 0 Å². The van der Waals surface area contributed by atoms with E-state index in [0.717, 1.165) is 37.8 Å². The van der Waals surface area contributed by atoms with Gasteiger partial charge in [0.05, 0.1) is 29.7 Å². The van der Waals surface area contributed by atoms with Gasteiger partial charge in [-0.3, -0.25) is 14.6 Å². The van der Waals surface area contributed by atoms with Crippen LogP contribution in [0.15, 0.2) is 64.7 Å². The van der Waals surface area contributed by atoms with E-state index in [9.17, 15) is 22.8 Å². The summed E-state index contributed by atoms with van der Waals surface area (Å²) in [4.78, 5) is 29.8. The number of carbonyl (C=O) groups is 2. The fourth-order valence-corrected chi connectivity index (χ4v) is 5.24. The van der Waals surface area contributed by atoms with Crippen molar-refractivity contribution in [1.82, 2.24) is 4.90 Å². The summed E-state index contributed by atoms with van der Waals surface area (Å²) in [6, 6.07) is 6.66. The SMILES string of the molecule is CC(C)OC(N)=C(C=NC1(C)C=CC(OC(F)(F)F)=CC1)C(Nc1ccc(C(=O)N(C)CCC(=O)O)cc1)C1CCCCC1. The zero-order chi connectivity index (χ0) is 32.5. The third-order valence-corrected chi connectivity index (χ3v) is 7.62. The number of allylic oxidation sites excluding steroid dienone is 1. The number of benzene rings is 1. The Hall–Kier alpha value is -3.96. The third kappa shape index (κ3) is 10.6. The summed E-state index contributed by atoms with van der Waals surface area (Å²) in [6.45, 7) is 5.64. The van der Waals surface area contributed by atoms with Gasteiger partial charge < -0.3 is 30.5 Å². The Kier molecular flexibility index (Phi) is 11.9. The Morgan fingerprint density at radius 2 is 1.86 bits per heavy atom. The number of hydrogen-bond donors (Lipinski definition) is 3. The van der Waals surface area contributed by atoms with Crippen molar-refractivity contribution in [2.75, 3.05) is 18.9 Å². The number of aliphatic carboxylic acids is 1. The molecule has 1 fully saturated rings. The molecule has 1 amide bonds. The highest BCUT2D eigenvalue weighted by Crippen LogP contribution is 2.34. The maximum atomic E-state index is 12.8. The predicted octanol–water partition coefficient (Wildman–Crippen LogP) is 6.40. The maximum Gasteiger partial charge on any atom is 0.573 e. The van der Waals surface area contributed by atoms with Crippen LogP contribution in [0.1, 0.15) is 76.1 Å². The van der Waals surface area contributed by atoms with E-state index >= 15 is 0 Å². The Bertz CT molecular complexity index is 1270. The van der Waals surface area contributed by atoms with Crippen LogP contribution in [-0.4, -0.2) is 65.7 Å². The number of nitrogens with two attached hydrogens (primary N) is 1. The van der Waals surface area contributed by atoms with Crippen molar-refractivity contribution in [3.63, 3.8) is 0 Å². The Balaban J connectivity index is 1.89.